The first-order valence-corrected chi connectivity index (χ1v) is 10.9. The molecule has 0 spiro atoms. The maximum absolute atomic E-state index is 12.7. The van der Waals surface area contributed by atoms with Crippen LogP contribution < -0.4 is 10.0 Å². The highest BCUT2D eigenvalue weighted by Gasteiger charge is 2.23. The van der Waals surface area contributed by atoms with E-state index in [1.54, 1.807) is 42.1 Å². The minimum Gasteiger partial charge on any atom is -0.325 e. The lowest BCUT2D eigenvalue weighted by atomic mass is 10.2. The van der Waals surface area contributed by atoms with Crippen LogP contribution in [0, 0.1) is 12.8 Å². The van der Waals surface area contributed by atoms with Crippen molar-refractivity contribution in [1.29, 1.82) is 0 Å². The van der Waals surface area contributed by atoms with Crippen molar-refractivity contribution in [3.63, 3.8) is 0 Å². The average Bonchev–Trinajstić information content (AvgIpc) is 2.69. The monoisotopic (exact) mass is 440 g/mol. The fraction of sp³-hybridized carbons (Fsp3) is 0.235. The molecular formula is C17H17BrN2O3S2. The van der Waals surface area contributed by atoms with Gasteiger partial charge >= 0.3 is 0 Å². The molecule has 132 valence electrons. The lowest BCUT2D eigenvalue weighted by Crippen LogP contribution is -2.20. The molecule has 2 aromatic carbocycles. The Morgan fingerprint density at radius 3 is 2.72 bits per heavy atom. The standard InChI is InChI=1S/C17H17BrN2O3S2/c1-10-7-12(3-5-14(10)18)20-25(22,23)13-4-6-16-15(8-13)19-17(21)11(2)9-24-16/h3-8,11,20H,9H2,1-2H3,(H,19,21)/t11-/m1/s1. The van der Waals surface area contributed by atoms with Crippen LogP contribution in [0.3, 0.4) is 0 Å². The second-order valence-electron chi connectivity index (χ2n) is 5.93. The molecule has 0 bridgehead atoms. The van der Waals surface area contributed by atoms with Crippen LogP contribution in [-0.4, -0.2) is 20.1 Å². The fourth-order valence-corrected chi connectivity index (χ4v) is 4.70. The van der Waals surface area contributed by atoms with Gasteiger partial charge in [-0.15, -0.1) is 11.8 Å². The third-order valence-corrected chi connectivity index (χ3v) is 7.47. The highest BCUT2D eigenvalue weighted by atomic mass is 79.9. The van der Waals surface area contributed by atoms with E-state index in [0.29, 0.717) is 17.1 Å². The van der Waals surface area contributed by atoms with Crippen LogP contribution in [0.4, 0.5) is 11.4 Å². The molecular weight excluding hydrogens is 424 g/mol. The molecule has 2 aromatic rings. The number of aryl methyl sites for hydroxylation is 1. The summed E-state index contributed by atoms with van der Waals surface area (Å²) in [6.45, 7) is 3.74. The van der Waals surface area contributed by atoms with Crippen molar-refractivity contribution < 1.29 is 13.2 Å². The molecule has 3 rings (SSSR count). The van der Waals surface area contributed by atoms with Crippen molar-refractivity contribution in [1.82, 2.24) is 0 Å². The summed E-state index contributed by atoms with van der Waals surface area (Å²) < 4.78 is 28.8. The highest BCUT2D eigenvalue weighted by molar-refractivity contribution is 9.10. The number of carbonyl (C=O) groups is 1. The SMILES string of the molecule is Cc1cc(NS(=O)(=O)c2ccc3c(c2)NC(=O)[C@H](C)CS3)ccc1Br. The lowest BCUT2D eigenvalue weighted by molar-refractivity contribution is -0.118. The van der Waals surface area contributed by atoms with E-state index in [4.69, 9.17) is 0 Å². The number of sulfonamides is 1. The second kappa shape index (κ2) is 7.01. The van der Waals surface area contributed by atoms with Crippen molar-refractivity contribution in [3.05, 3.63) is 46.4 Å². The predicted octanol–water partition coefficient (Wildman–Crippen LogP) is 4.24. The Bertz CT molecular complexity index is 945. The zero-order valence-corrected chi connectivity index (χ0v) is 16.9. The van der Waals surface area contributed by atoms with Crippen LogP contribution in [0.2, 0.25) is 0 Å². The van der Waals surface area contributed by atoms with Crippen molar-refractivity contribution in [2.24, 2.45) is 5.92 Å². The van der Waals surface area contributed by atoms with E-state index in [1.165, 1.54) is 6.07 Å². The lowest BCUT2D eigenvalue weighted by Gasteiger charge is -2.12. The van der Waals surface area contributed by atoms with Gasteiger partial charge in [0.1, 0.15) is 0 Å². The number of nitrogens with one attached hydrogen (secondary N) is 2. The van der Waals surface area contributed by atoms with Crippen LogP contribution >= 0.6 is 27.7 Å². The van der Waals surface area contributed by atoms with E-state index in [-0.39, 0.29) is 16.7 Å². The topological polar surface area (TPSA) is 75.3 Å². The van der Waals surface area contributed by atoms with Gasteiger partial charge in [0.15, 0.2) is 0 Å². The summed E-state index contributed by atoms with van der Waals surface area (Å²) in [4.78, 5) is 13.0. The molecule has 1 aliphatic heterocycles. The molecule has 2 N–H and O–H groups in total. The number of halogens is 1. The Balaban J connectivity index is 1.91. The molecule has 0 fully saturated rings. The minimum absolute atomic E-state index is 0.0997. The van der Waals surface area contributed by atoms with Crippen LogP contribution in [-0.2, 0) is 14.8 Å². The van der Waals surface area contributed by atoms with E-state index in [9.17, 15) is 13.2 Å². The van der Waals surface area contributed by atoms with Gasteiger partial charge in [0, 0.05) is 26.7 Å². The summed E-state index contributed by atoms with van der Waals surface area (Å²) in [7, 11) is -3.75. The molecule has 0 unspecified atom stereocenters. The molecule has 5 nitrogen and oxygen atoms in total. The quantitative estimate of drug-likeness (QED) is 0.747. The molecule has 25 heavy (non-hydrogen) atoms. The van der Waals surface area contributed by atoms with Gasteiger partial charge in [0.25, 0.3) is 10.0 Å². The number of hydrogen-bond acceptors (Lipinski definition) is 4. The van der Waals surface area contributed by atoms with E-state index in [1.807, 2.05) is 13.8 Å². The van der Waals surface area contributed by atoms with E-state index in [2.05, 4.69) is 26.0 Å². The molecule has 0 saturated heterocycles. The van der Waals surface area contributed by atoms with Gasteiger partial charge < -0.3 is 5.32 Å². The normalized spacial score (nSPS) is 17.4. The van der Waals surface area contributed by atoms with Gasteiger partial charge in [-0.1, -0.05) is 22.9 Å². The number of fused-ring (bicyclic) bond motifs is 1. The van der Waals surface area contributed by atoms with Gasteiger partial charge in [-0.2, -0.15) is 0 Å². The smallest absolute Gasteiger partial charge is 0.261 e. The average molecular weight is 441 g/mol. The second-order valence-corrected chi connectivity index (χ2v) is 9.53. The van der Waals surface area contributed by atoms with Crippen molar-refractivity contribution >= 4 is 55.0 Å². The largest absolute Gasteiger partial charge is 0.325 e. The zero-order chi connectivity index (χ0) is 18.2. The van der Waals surface area contributed by atoms with Crippen LogP contribution in [0.15, 0.2) is 50.7 Å². The molecule has 8 heteroatoms. The number of benzene rings is 2. The van der Waals surface area contributed by atoms with Gasteiger partial charge in [-0.25, -0.2) is 8.42 Å². The Kier molecular flexibility index (Phi) is 5.13. The summed E-state index contributed by atoms with van der Waals surface area (Å²) >= 11 is 4.94. The number of anilines is 2. The van der Waals surface area contributed by atoms with Crippen molar-refractivity contribution in [2.75, 3.05) is 15.8 Å². The zero-order valence-electron chi connectivity index (χ0n) is 13.7. The molecule has 1 amide bonds. The first-order valence-electron chi connectivity index (χ1n) is 7.63. The Morgan fingerprint density at radius 1 is 1.24 bits per heavy atom. The number of carbonyl (C=O) groups excluding carboxylic acids is 1. The number of thioether (sulfide) groups is 1. The highest BCUT2D eigenvalue weighted by Crippen LogP contribution is 2.34. The maximum Gasteiger partial charge on any atom is 0.261 e. The molecule has 0 saturated carbocycles. The molecule has 1 atom stereocenters. The van der Waals surface area contributed by atoms with Gasteiger partial charge in [-0.05, 0) is 48.9 Å². The van der Waals surface area contributed by atoms with Gasteiger partial charge in [-0.3, -0.25) is 9.52 Å². The third-order valence-electron chi connectivity index (χ3n) is 3.87. The number of rotatable bonds is 3. The van der Waals surface area contributed by atoms with Crippen molar-refractivity contribution in [3.8, 4) is 0 Å². The first kappa shape index (κ1) is 18.3. The van der Waals surface area contributed by atoms with Crippen molar-refractivity contribution in [2.45, 2.75) is 23.6 Å². The van der Waals surface area contributed by atoms with E-state index < -0.39 is 10.0 Å². The van der Waals surface area contributed by atoms with Gasteiger partial charge in [0.2, 0.25) is 5.91 Å². The van der Waals surface area contributed by atoms with Gasteiger partial charge in [0.05, 0.1) is 10.6 Å². The van der Waals surface area contributed by atoms with Crippen LogP contribution in [0.25, 0.3) is 0 Å². The summed E-state index contributed by atoms with van der Waals surface area (Å²) in [5, 5.41) is 2.81. The number of amides is 1. The fourth-order valence-electron chi connectivity index (χ4n) is 2.37. The predicted molar refractivity (Wildman–Crippen MR) is 105 cm³/mol. The summed E-state index contributed by atoms with van der Waals surface area (Å²) in [6.07, 6.45) is 0. The van der Waals surface area contributed by atoms with Crippen LogP contribution in [0.1, 0.15) is 12.5 Å². The van der Waals surface area contributed by atoms with E-state index in [0.717, 1.165) is 14.9 Å². The minimum atomic E-state index is -3.75. The molecule has 1 aliphatic rings. The maximum atomic E-state index is 12.7. The summed E-state index contributed by atoms with van der Waals surface area (Å²) in [6, 6.07) is 10.0. The van der Waals surface area contributed by atoms with E-state index >= 15 is 0 Å². The molecule has 0 aromatic heterocycles. The molecule has 0 radical (unpaired) electrons. The first-order chi connectivity index (χ1) is 11.8. The summed E-state index contributed by atoms with van der Waals surface area (Å²) in [5.41, 5.74) is 1.96. The van der Waals surface area contributed by atoms with Crippen LogP contribution in [0.5, 0.6) is 0 Å². The Labute approximate surface area is 159 Å². The molecule has 0 aliphatic carbocycles. The number of hydrogen-bond donors (Lipinski definition) is 2. The molecule has 1 heterocycles. The summed E-state index contributed by atoms with van der Waals surface area (Å²) in [5.74, 6) is 0.445. The Hall–Kier alpha value is -1.51. The third kappa shape index (κ3) is 4.02. The Morgan fingerprint density at radius 2 is 2.00 bits per heavy atom.